The van der Waals surface area contributed by atoms with Crippen LogP contribution >= 0.6 is 0 Å². The molecule has 0 bridgehead atoms. The fourth-order valence-corrected chi connectivity index (χ4v) is 4.14. The maximum Gasteiger partial charge on any atom is 0.307 e. The maximum absolute atomic E-state index is 13.0. The fraction of sp³-hybridized carbons (Fsp3) is 0.571. The molecule has 1 aromatic carbocycles. The van der Waals surface area contributed by atoms with Crippen molar-refractivity contribution in [3.8, 4) is 0 Å². The van der Waals surface area contributed by atoms with E-state index in [2.05, 4.69) is 5.32 Å². The molecule has 1 heterocycles. The van der Waals surface area contributed by atoms with Gasteiger partial charge in [0, 0.05) is 13.1 Å². The van der Waals surface area contributed by atoms with Gasteiger partial charge in [-0.1, -0.05) is 44.2 Å². The summed E-state index contributed by atoms with van der Waals surface area (Å²) in [7, 11) is 0. The lowest BCUT2D eigenvalue weighted by molar-refractivity contribution is -0.141. The van der Waals surface area contributed by atoms with Gasteiger partial charge >= 0.3 is 5.97 Å². The quantitative estimate of drug-likeness (QED) is 0.800. The van der Waals surface area contributed by atoms with E-state index in [-0.39, 0.29) is 35.5 Å². The molecule has 0 radical (unpaired) electrons. The zero-order valence-electron chi connectivity index (χ0n) is 16.0. The summed E-state index contributed by atoms with van der Waals surface area (Å²) in [5, 5.41) is 12.1. The second kappa shape index (κ2) is 7.71. The van der Waals surface area contributed by atoms with Crippen molar-refractivity contribution in [2.24, 2.45) is 17.3 Å². The normalized spacial score (nSPS) is 21.7. The highest BCUT2D eigenvalue weighted by Gasteiger charge is 2.59. The molecule has 2 amide bonds. The first kappa shape index (κ1) is 19.4. The van der Waals surface area contributed by atoms with Gasteiger partial charge in [-0.05, 0) is 36.2 Å². The largest absolute Gasteiger partial charge is 0.481 e. The Morgan fingerprint density at radius 3 is 2.33 bits per heavy atom. The van der Waals surface area contributed by atoms with Gasteiger partial charge in [0.15, 0.2) is 0 Å². The molecule has 2 unspecified atom stereocenters. The molecule has 146 valence electrons. The molecule has 2 fully saturated rings. The van der Waals surface area contributed by atoms with E-state index in [1.54, 1.807) is 4.90 Å². The zero-order valence-corrected chi connectivity index (χ0v) is 16.0. The number of rotatable bonds is 6. The Kier molecular flexibility index (Phi) is 5.53. The summed E-state index contributed by atoms with van der Waals surface area (Å²) in [4.78, 5) is 38.3. The Bertz CT molecular complexity index is 708. The van der Waals surface area contributed by atoms with Crippen molar-refractivity contribution in [1.82, 2.24) is 10.2 Å². The van der Waals surface area contributed by atoms with Gasteiger partial charge in [-0.3, -0.25) is 14.4 Å². The Morgan fingerprint density at radius 2 is 1.81 bits per heavy atom. The van der Waals surface area contributed by atoms with Gasteiger partial charge in [0.1, 0.15) is 6.04 Å². The summed E-state index contributed by atoms with van der Waals surface area (Å²) in [5.41, 5.74) is 0.810. The molecular formula is C21H28N2O4. The van der Waals surface area contributed by atoms with E-state index in [1.807, 2.05) is 44.2 Å². The number of aliphatic carboxylic acids is 1. The van der Waals surface area contributed by atoms with Crippen LogP contribution in [0.3, 0.4) is 0 Å². The third kappa shape index (κ3) is 4.31. The molecule has 1 spiro atoms. The molecule has 1 saturated heterocycles. The number of benzene rings is 1. The minimum absolute atomic E-state index is 0.0131. The number of amides is 2. The first-order valence-corrected chi connectivity index (χ1v) is 9.67. The van der Waals surface area contributed by atoms with Crippen LogP contribution in [0.15, 0.2) is 30.3 Å². The van der Waals surface area contributed by atoms with E-state index < -0.39 is 12.0 Å². The Hall–Kier alpha value is -2.37. The average Bonchev–Trinajstić information content (AvgIpc) is 3.34. The minimum Gasteiger partial charge on any atom is -0.481 e. The molecule has 1 aliphatic carbocycles. The average molecular weight is 372 g/mol. The first-order valence-electron chi connectivity index (χ1n) is 9.67. The molecule has 1 aliphatic heterocycles. The summed E-state index contributed by atoms with van der Waals surface area (Å²) in [6, 6.07) is 8.91. The van der Waals surface area contributed by atoms with E-state index in [0.29, 0.717) is 13.1 Å². The topological polar surface area (TPSA) is 86.7 Å². The summed E-state index contributed by atoms with van der Waals surface area (Å²) < 4.78 is 0. The fourth-order valence-electron chi connectivity index (χ4n) is 4.14. The third-order valence-corrected chi connectivity index (χ3v) is 6.02. The molecule has 6 heteroatoms. The van der Waals surface area contributed by atoms with E-state index in [4.69, 9.17) is 0 Å². The Labute approximate surface area is 159 Å². The number of piperidine rings is 1. The summed E-state index contributed by atoms with van der Waals surface area (Å²) in [6.07, 6.45) is 2.45. The van der Waals surface area contributed by atoms with Crippen molar-refractivity contribution >= 4 is 17.8 Å². The van der Waals surface area contributed by atoms with Crippen LogP contribution in [0, 0.1) is 17.3 Å². The van der Waals surface area contributed by atoms with E-state index in [0.717, 1.165) is 24.8 Å². The molecule has 1 aromatic rings. The Balaban J connectivity index is 1.56. The summed E-state index contributed by atoms with van der Waals surface area (Å²) >= 11 is 0. The van der Waals surface area contributed by atoms with E-state index >= 15 is 0 Å². The van der Waals surface area contributed by atoms with Crippen LogP contribution in [-0.4, -0.2) is 46.9 Å². The van der Waals surface area contributed by atoms with Gasteiger partial charge in [0.05, 0.1) is 12.3 Å². The van der Waals surface area contributed by atoms with Gasteiger partial charge in [0.2, 0.25) is 11.8 Å². The molecule has 3 rings (SSSR count). The van der Waals surface area contributed by atoms with Gasteiger partial charge < -0.3 is 15.3 Å². The highest BCUT2D eigenvalue weighted by atomic mass is 16.4. The van der Waals surface area contributed by atoms with Crippen molar-refractivity contribution in [3.63, 3.8) is 0 Å². The molecule has 6 nitrogen and oxygen atoms in total. The predicted molar refractivity (Wildman–Crippen MR) is 101 cm³/mol. The summed E-state index contributed by atoms with van der Waals surface area (Å²) in [5.74, 6) is -1.20. The Morgan fingerprint density at radius 1 is 1.19 bits per heavy atom. The highest BCUT2D eigenvalue weighted by Crippen LogP contribution is 2.59. The number of carboxylic acid groups (broad SMARTS) is 1. The van der Waals surface area contributed by atoms with Crippen LogP contribution in [0.4, 0.5) is 0 Å². The lowest BCUT2D eigenvalue weighted by Gasteiger charge is -2.36. The number of nitrogens with one attached hydrogen (secondary N) is 1. The molecule has 2 aliphatic rings. The molecule has 1 saturated carbocycles. The van der Waals surface area contributed by atoms with E-state index in [1.165, 1.54) is 0 Å². The molecule has 2 atom stereocenters. The van der Waals surface area contributed by atoms with Crippen LogP contribution in [0.1, 0.15) is 38.7 Å². The number of nitrogens with zero attached hydrogens (tertiary/aromatic N) is 1. The van der Waals surface area contributed by atoms with E-state index in [9.17, 15) is 19.5 Å². The first-order chi connectivity index (χ1) is 12.8. The smallest absolute Gasteiger partial charge is 0.307 e. The number of likely N-dealkylation sites (tertiary alicyclic amines) is 1. The van der Waals surface area contributed by atoms with Crippen molar-refractivity contribution < 1.29 is 19.5 Å². The number of hydrogen-bond acceptors (Lipinski definition) is 3. The van der Waals surface area contributed by atoms with Crippen LogP contribution in [0.25, 0.3) is 0 Å². The van der Waals surface area contributed by atoms with Gasteiger partial charge in [0.25, 0.3) is 0 Å². The predicted octanol–water partition coefficient (Wildman–Crippen LogP) is 2.08. The third-order valence-electron chi connectivity index (χ3n) is 6.02. The van der Waals surface area contributed by atoms with Crippen molar-refractivity contribution in [2.75, 3.05) is 13.1 Å². The van der Waals surface area contributed by atoms with Crippen molar-refractivity contribution in [2.45, 2.75) is 45.6 Å². The zero-order chi connectivity index (χ0) is 19.6. The molecule has 27 heavy (non-hydrogen) atoms. The van der Waals surface area contributed by atoms with Crippen LogP contribution in [0.2, 0.25) is 0 Å². The SMILES string of the molecule is CC(C)C(NC(=O)Cc1ccccc1)C(=O)N1CCC2(CC1)CC2C(=O)O. The van der Waals surface area contributed by atoms with Gasteiger partial charge in [-0.2, -0.15) is 0 Å². The molecule has 2 N–H and O–H groups in total. The highest BCUT2D eigenvalue weighted by molar-refractivity contribution is 5.88. The molecule has 0 aromatic heterocycles. The lowest BCUT2D eigenvalue weighted by Crippen LogP contribution is -2.53. The van der Waals surface area contributed by atoms with Crippen molar-refractivity contribution in [3.05, 3.63) is 35.9 Å². The minimum atomic E-state index is -0.719. The lowest BCUT2D eigenvalue weighted by atomic mass is 9.90. The summed E-state index contributed by atoms with van der Waals surface area (Å²) in [6.45, 7) is 5.00. The second-order valence-corrected chi connectivity index (χ2v) is 8.23. The number of carbonyl (C=O) groups excluding carboxylic acids is 2. The standard InChI is InChI=1S/C21H28N2O4/c1-14(2)18(22-17(24)12-15-6-4-3-5-7-15)19(25)23-10-8-21(9-11-23)13-16(21)20(26)27/h3-7,14,16,18H,8-13H2,1-2H3,(H,22,24)(H,26,27). The second-order valence-electron chi connectivity index (χ2n) is 8.23. The maximum atomic E-state index is 13.0. The monoisotopic (exact) mass is 372 g/mol. The van der Waals surface area contributed by atoms with Crippen LogP contribution in [-0.2, 0) is 20.8 Å². The number of carboxylic acids is 1. The van der Waals surface area contributed by atoms with Crippen molar-refractivity contribution in [1.29, 1.82) is 0 Å². The van der Waals surface area contributed by atoms with Gasteiger partial charge in [-0.25, -0.2) is 0 Å². The number of hydrogen-bond donors (Lipinski definition) is 2. The van der Waals surface area contributed by atoms with Gasteiger partial charge in [-0.15, -0.1) is 0 Å². The molecular weight excluding hydrogens is 344 g/mol. The van der Waals surface area contributed by atoms with Crippen LogP contribution in [0.5, 0.6) is 0 Å². The number of carbonyl (C=O) groups is 3. The van der Waals surface area contributed by atoms with Crippen LogP contribution < -0.4 is 5.32 Å².